The molecule has 1 saturated heterocycles. The van der Waals surface area contributed by atoms with Gasteiger partial charge in [0.2, 0.25) is 5.95 Å². The van der Waals surface area contributed by atoms with Crippen LogP contribution in [0, 0.1) is 0 Å². The average molecular weight is 367 g/mol. The molecule has 3 aliphatic rings. The second-order valence-electron chi connectivity index (χ2n) is 7.81. The molecule has 4 nitrogen and oxygen atoms in total. The predicted molar refractivity (Wildman–Crippen MR) is 109 cm³/mol. The van der Waals surface area contributed by atoms with E-state index in [1.54, 1.807) is 11.9 Å². The van der Waals surface area contributed by atoms with Crippen molar-refractivity contribution in [3.05, 3.63) is 41.1 Å². The van der Waals surface area contributed by atoms with E-state index in [1.807, 2.05) is 0 Å². The summed E-state index contributed by atoms with van der Waals surface area (Å²) in [5, 5.41) is 0. The van der Waals surface area contributed by atoms with Gasteiger partial charge in [-0.25, -0.2) is 9.97 Å². The quantitative estimate of drug-likeness (QED) is 0.807. The van der Waals surface area contributed by atoms with Crippen molar-refractivity contribution < 1.29 is 0 Å². The van der Waals surface area contributed by atoms with Gasteiger partial charge in [-0.05, 0) is 56.8 Å². The Morgan fingerprint density at radius 3 is 2.42 bits per heavy atom. The first kappa shape index (κ1) is 16.6. The standard InChI is InChI=1S/C21H26N4S/c1-26-24-21(11-3-12-21)16-9-7-15(8-10-16)19-17-5-2-6-18(17)22-20(23-19)25-13-4-14-25/h7-10,24H,2-6,11-14H2,1H3. The van der Waals surface area contributed by atoms with Crippen LogP contribution in [-0.2, 0) is 18.4 Å². The molecule has 0 bridgehead atoms. The number of nitrogens with zero attached hydrogens (tertiary/aromatic N) is 3. The van der Waals surface area contributed by atoms with E-state index in [2.05, 4.69) is 40.1 Å². The zero-order valence-corrected chi connectivity index (χ0v) is 16.2. The van der Waals surface area contributed by atoms with E-state index in [4.69, 9.17) is 9.97 Å². The molecule has 0 spiro atoms. The molecule has 0 amide bonds. The zero-order valence-electron chi connectivity index (χ0n) is 15.4. The Morgan fingerprint density at radius 1 is 1.00 bits per heavy atom. The third-order valence-electron chi connectivity index (χ3n) is 6.28. The van der Waals surface area contributed by atoms with Crippen LogP contribution in [0.3, 0.4) is 0 Å². The Hall–Kier alpha value is -1.59. The van der Waals surface area contributed by atoms with Gasteiger partial charge in [-0.15, -0.1) is 0 Å². The summed E-state index contributed by atoms with van der Waals surface area (Å²) in [7, 11) is 0. The van der Waals surface area contributed by atoms with Crippen molar-refractivity contribution in [3.63, 3.8) is 0 Å². The van der Waals surface area contributed by atoms with Crippen molar-refractivity contribution in [1.29, 1.82) is 0 Å². The molecule has 1 aromatic heterocycles. The number of nitrogens with one attached hydrogen (secondary N) is 1. The second-order valence-corrected chi connectivity index (χ2v) is 8.42. The van der Waals surface area contributed by atoms with Crippen molar-refractivity contribution in [3.8, 4) is 11.3 Å². The van der Waals surface area contributed by atoms with Crippen LogP contribution in [0.25, 0.3) is 11.3 Å². The van der Waals surface area contributed by atoms with Crippen molar-refractivity contribution >= 4 is 17.9 Å². The number of aryl methyl sites for hydroxylation is 1. The van der Waals surface area contributed by atoms with E-state index in [0.717, 1.165) is 31.9 Å². The summed E-state index contributed by atoms with van der Waals surface area (Å²) >= 11 is 1.73. The van der Waals surface area contributed by atoms with E-state index >= 15 is 0 Å². The molecule has 2 fully saturated rings. The van der Waals surface area contributed by atoms with Crippen molar-refractivity contribution in [2.75, 3.05) is 24.2 Å². The predicted octanol–water partition coefficient (Wildman–Crippen LogP) is 4.09. The largest absolute Gasteiger partial charge is 0.341 e. The van der Waals surface area contributed by atoms with E-state index in [1.165, 1.54) is 60.2 Å². The van der Waals surface area contributed by atoms with E-state index in [0.29, 0.717) is 0 Å². The smallest absolute Gasteiger partial charge is 0.226 e. The summed E-state index contributed by atoms with van der Waals surface area (Å²) in [5.41, 5.74) is 6.66. The molecular weight excluding hydrogens is 340 g/mol. The minimum Gasteiger partial charge on any atom is -0.341 e. The lowest BCUT2D eigenvalue weighted by Gasteiger charge is -2.42. The van der Waals surface area contributed by atoms with Crippen molar-refractivity contribution in [2.45, 2.75) is 50.5 Å². The first-order valence-corrected chi connectivity index (χ1v) is 11.1. The van der Waals surface area contributed by atoms with Crippen LogP contribution in [0.2, 0.25) is 0 Å². The molecule has 1 aromatic carbocycles. The molecule has 26 heavy (non-hydrogen) atoms. The number of hydrogen-bond acceptors (Lipinski definition) is 5. The van der Waals surface area contributed by atoms with Crippen LogP contribution in [0.1, 0.15) is 48.9 Å². The average Bonchev–Trinajstić information content (AvgIpc) is 3.05. The van der Waals surface area contributed by atoms with Gasteiger partial charge < -0.3 is 4.90 Å². The monoisotopic (exact) mass is 366 g/mol. The second kappa shape index (κ2) is 6.54. The SMILES string of the molecule is CSNC1(c2ccc(-c3nc(N4CCC4)nc4c3CCC4)cc2)CCC1. The third-order valence-corrected chi connectivity index (χ3v) is 6.87. The maximum absolute atomic E-state index is 4.99. The first-order chi connectivity index (χ1) is 12.8. The zero-order chi connectivity index (χ0) is 17.6. The Balaban J connectivity index is 1.51. The Bertz CT molecular complexity index is 810. The Labute approximate surface area is 159 Å². The highest BCUT2D eigenvalue weighted by Crippen LogP contribution is 2.43. The molecule has 1 aliphatic heterocycles. The topological polar surface area (TPSA) is 41.1 Å². The molecule has 1 N–H and O–H groups in total. The van der Waals surface area contributed by atoms with Crippen LogP contribution in [0.5, 0.6) is 0 Å². The highest BCUT2D eigenvalue weighted by atomic mass is 32.2. The van der Waals surface area contributed by atoms with Crippen LogP contribution >= 0.6 is 11.9 Å². The Morgan fingerprint density at radius 2 is 1.81 bits per heavy atom. The van der Waals surface area contributed by atoms with Gasteiger partial charge in [-0.2, -0.15) is 0 Å². The number of anilines is 1. The molecule has 0 radical (unpaired) electrons. The molecule has 1 saturated carbocycles. The van der Waals surface area contributed by atoms with Crippen LogP contribution in [0.15, 0.2) is 24.3 Å². The molecule has 5 rings (SSSR count). The first-order valence-electron chi connectivity index (χ1n) is 9.85. The van der Waals surface area contributed by atoms with E-state index < -0.39 is 0 Å². The van der Waals surface area contributed by atoms with Gasteiger partial charge >= 0.3 is 0 Å². The summed E-state index contributed by atoms with van der Waals surface area (Å²) in [5.74, 6) is 0.940. The van der Waals surface area contributed by atoms with Gasteiger partial charge in [0.05, 0.1) is 11.2 Å². The molecule has 0 atom stereocenters. The molecule has 2 aromatic rings. The molecule has 2 heterocycles. The van der Waals surface area contributed by atoms with Gasteiger partial charge in [-0.3, -0.25) is 4.72 Å². The van der Waals surface area contributed by atoms with Gasteiger partial charge in [0, 0.05) is 29.9 Å². The maximum atomic E-state index is 4.99. The molecule has 0 unspecified atom stereocenters. The fourth-order valence-electron chi connectivity index (χ4n) is 4.44. The number of rotatable bonds is 5. The van der Waals surface area contributed by atoms with E-state index in [-0.39, 0.29) is 5.54 Å². The minimum atomic E-state index is 0.175. The molecular formula is C21H26N4S. The van der Waals surface area contributed by atoms with Gasteiger partial charge in [0.15, 0.2) is 0 Å². The molecule has 136 valence electrons. The fourth-order valence-corrected chi connectivity index (χ4v) is 5.15. The summed E-state index contributed by atoms with van der Waals surface area (Å²) in [4.78, 5) is 12.2. The van der Waals surface area contributed by atoms with Crippen LogP contribution < -0.4 is 9.62 Å². The highest BCUT2D eigenvalue weighted by Gasteiger charge is 2.38. The summed E-state index contributed by atoms with van der Waals surface area (Å²) < 4.78 is 3.64. The van der Waals surface area contributed by atoms with Crippen molar-refractivity contribution in [1.82, 2.24) is 14.7 Å². The summed E-state index contributed by atoms with van der Waals surface area (Å²) in [6, 6.07) is 9.17. The lowest BCUT2D eigenvalue weighted by molar-refractivity contribution is 0.231. The summed E-state index contributed by atoms with van der Waals surface area (Å²) in [6.07, 6.45) is 10.6. The van der Waals surface area contributed by atoms with E-state index in [9.17, 15) is 0 Å². The lowest BCUT2D eigenvalue weighted by atomic mass is 9.72. The molecule has 5 heteroatoms. The normalized spacial score (nSPS) is 20.4. The van der Waals surface area contributed by atoms with Gasteiger partial charge in [0.25, 0.3) is 0 Å². The van der Waals surface area contributed by atoms with Crippen LogP contribution in [-0.4, -0.2) is 29.3 Å². The van der Waals surface area contributed by atoms with Crippen molar-refractivity contribution in [2.24, 2.45) is 0 Å². The van der Waals surface area contributed by atoms with Gasteiger partial charge in [0.1, 0.15) is 0 Å². The number of fused-ring (bicyclic) bond motifs is 1. The third kappa shape index (κ3) is 2.64. The number of hydrogen-bond donors (Lipinski definition) is 1. The maximum Gasteiger partial charge on any atom is 0.226 e. The highest BCUT2D eigenvalue weighted by molar-refractivity contribution is 7.96. The van der Waals surface area contributed by atoms with Gasteiger partial charge in [-0.1, -0.05) is 36.2 Å². The lowest BCUT2D eigenvalue weighted by Crippen LogP contribution is -2.44. The minimum absolute atomic E-state index is 0.175. The summed E-state index contributed by atoms with van der Waals surface area (Å²) in [6.45, 7) is 2.19. The number of aromatic nitrogens is 2. The van der Waals surface area contributed by atoms with Crippen LogP contribution in [0.4, 0.5) is 5.95 Å². The fraction of sp³-hybridized carbons (Fsp3) is 0.524. The Kier molecular flexibility index (Phi) is 4.17. The molecule has 2 aliphatic carbocycles. The number of benzene rings is 1.